The maximum Gasteiger partial charge on any atom is 0.269 e. The molecule has 0 bridgehead atoms. The molecule has 0 heterocycles. The number of hydrogen-bond donors (Lipinski definition) is 1. The Morgan fingerprint density at radius 1 is 1.15 bits per heavy atom. The zero-order valence-corrected chi connectivity index (χ0v) is 18.2. The maximum absolute atomic E-state index is 12.5. The highest BCUT2D eigenvalue weighted by Crippen LogP contribution is 2.30. The summed E-state index contributed by atoms with van der Waals surface area (Å²) >= 11 is 5.84. The number of halogens is 1. The highest BCUT2D eigenvalue weighted by Gasteiger charge is 2.12. The number of nitro groups is 1. The van der Waals surface area contributed by atoms with Gasteiger partial charge in [-0.05, 0) is 53.6 Å². The van der Waals surface area contributed by atoms with E-state index in [0.29, 0.717) is 33.3 Å². The lowest BCUT2D eigenvalue weighted by atomic mass is 10.1. The van der Waals surface area contributed by atoms with Gasteiger partial charge in [-0.3, -0.25) is 14.9 Å². The average molecular weight is 464 g/mol. The summed E-state index contributed by atoms with van der Waals surface area (Å²) in [7, 11) is 1.46. The van der Waals surface area contributed by atoms with Gasteiger partial charge in [0.1, 0.15) is 18.2 Å². The molecule has 8 nitrogen and oxygen atoms in total. The van der Waals surface area contributed by atoms with Gasteiger partial charge in [0.05, 0.1) is 12.0 Å². The minimum atomic E-state index is -0.565. The largest absolute Gasteiger partial charge is 0.493 e. The van der Waals surface area contributed by atoms with E-state index in [1.54, 1.807) is 54.6 Å². The second-order valence-corrected chi connectivity index (χ2v) is 7.19. The quantitative estimate of drug-likeness (QED) is 0.207. The highest BCUT2D eigenvalue weighted by atomic mass is 35.5. The average Bonchev–Trinajstić information content (AvgIpc) is 2.83. The number of anilines is 1. The molecule has 0 saturated carbocycles. The molecule has 3 aromatic rings. The van der Waals surface area contributed by atoms with Crippen LogP contribution in [0.15, 0.2) is 72.3 Å². The lowest BCUT2D eigenvalue weighted by Gasteiger charge is -2.12. The lowest BCUT2D eigenvalue weighted by Crippen LogP contribution is -2.13. The summed E-state index contributed by atoms with van der Waals surface area (Å²) in [6.45, 7) is 0.0974. The van der Waals surface area contributed by atoms with Gasteiger partial charge in [-0.15, -0.1) is 0 Å². The molecule has 3 rings (SSSR count). The molecule has 33 heavy (non-hydrogen) atoms. The molecular weight excluding hydrogens is 446 g/mol. The number of ether oxygens (including phenoxy) is 2. The second-order valence-electron chi connectivity index (χ2n) is 6.76. The van der Waals surface area contributed by atoms with E-state index >= 15 is 0 Å². The van der Waals surface area contributed by atoms with Crippen LogP contribution in [0.25, 0.3) is 6.08 Å². The third-order valence-electron chi connectivity index (χ3n) is 4.48. The van der Waals surface area contributed by atoms with Gasteiger partial charge in [0.25, 0.3) is 11.6 Å². The van der Waals surface area contributed by atoms with E-state index in [9.17, 15) is 20.2 Å². The summed E-state index contributed by atoms with van der Waals surface area (Å²) in [5, 5.41) is 23.5. The number of hydrogen-bond acceptors (Lipinski definition) is 6. The molecule has 0 atom stereocenters. The van der Waals surface area contributed by atoms with Crippen LogP contribution in [0.5, 0.6) is 11.5 Å². The summed E-state index contributed by atoms with van der Waals surface area (Å²) in [6.07, 6.45) is 1.43. The lowest BCUT2D eigenvalue weighted by molar-refractivity contribution is -0.384. The molecule has 0 aliphatic heterocycles. The van der Waals surface area contributed by atoms with Crippen molar-refractivity contribution in [2.45, 2.75) is 6.61 Å². The molecule has 3 aromatic carbocycles. The SMILES string of the molecule is COc1cc(/C=C(/C#N)C(=O)Nc2ccc(Cl)cc2)ccc1OCc1cccc([N+](=O)[O-])c1. The van der Waals surface area contributed by atoms with Crippen molar-refractivity contribution < 1.29 is 19.2 Å². The number of nitrogens with one attached hydrogen (secondary N) is 1. The third kappa shape index (κ3) is 6.32. The van der Waals surface area contributed by atoms with Crippen LogP contribution < -0.4 is 14.8 Å². The molecule has 1 amide bonds. The minimum absolute atomic E-state index is 0.0236. The number of methoxy groups -OCH3 is 1. The summed E-state index contributed by atoms with van der Waals surface area (Å²) in [5.74, 6) is 0.222. The molecule has 9 heteroatoms. The Bertz CT molecular complexity index is 1250. The predicted octanol–water partition coefficient (Wildman–Crippen LogP) is 5.38. The van der Waals surface area contributed by atoms with Crippen molar-refractivity contribution in [3.05, 3.63) is 98.6 Å². The zero-order valence-electron chi connectivity index (χ0n) is 17.4. The summed E-state index contributed by atoms with van der Waals surface area (Å²) in [4.78, 5) is 22.9. The summed E-state index contributed by atoms with van der Waals surface area (Å²) < 4.78 is 11.1. The van der Waals surface area contributed by atoms with Crippen molar-refractivity contribution in [1.82, 2.24) is 0 Å². The molecule has 166 valence electrons. The van der Waals surface area contributed by atoms with E-state index < -0.39 is 10.8 Å². The van der Waals surface area contributed by atoms with E-state index in [1.165, 1.54) is 25.3 Å². The Labute approximate surface area is 194 Å². The minimum Gasteiger partial charge on any atom is -0.493 e. The van der Waals surface area contributed by atoms with Gasteiger partial charge in [-0.1, -0.05) is 29.8 Å². The molecule has 0 unspecified atom stereocenters. The van der Waals surface area contributed by atoms with Gasteiger partial charge in [-0.25, -0.2) is 0 Å². The molecule has 1 N–H and O–H groups in total. The first-order valence-corrected chi connectivity index (χ1v) is 10.0. The van der Waals surface area contributed by atoms with Gasteiger partial charge in [0.2, 0.25) is 0 Å². The fraction of sp³-hybridized carbons (Fsp3) is 0.0833. The van der Waals surface area contributed by atoms with Crippen molar-refractivity contribution in [1.29, 1.82) is 5.26 Å². The van der Waals surface area contributed by atoms with E-state index in [0.717, 1.165) is 0 Å². The molecule has 0 aliphatic rings. The molecule has 0 radical (unpaired) electrons. The zero-order chi connectivity index (χ0) is 23.8. The van der Waals surface area contributed by atoms with E-state index in [4.69, 9.17) is 21.1 Å². The first-order valence-electron chi connectivity index (χ1n) is 9.62. The van der Waals surface area contributed by atoms with Crippen molar-refractivity contribution in [2.24, 2.45) is 0 Å². The van der Waals surface area contributed by atoms with Crippen LogP contribution in [-0.2, 0) is 11.4 Å². The number of rotatable bonds is 8. The van der Waals surface area contributed by atoms with Gasteiger partial charge >= 0.3 is 0 Å². The standard InChI is InChI=1S/C24H18ClN3O5/c1-32-23-13-16(11-18(14-26)24(29)27-20-8-6-19(25)7-9-20)5-10-22(23)33-15-17-3-2-4-21(12-17)28(30)31/h2-13H,15H2,1H3,(H,27,29)/b18-11-. The van der Waals surface area contributed by atoms with Gasteiger partial charge in [0, 0.05) is 22.8 Å². The Balaban J connectivity index is 1.74. The topological polar surface area (TPSA) is 114 Å². The number of carbonyl (C=O) groups excluding carboxylic acids is 1. The number of nitriles is 1. The van der Waals surface area contributed by atoms with Crippen molar-refractivity contribution in [3.63, 3.8) is 0 Å². The molecule has 0 spiro atoms. The fourth-order valence-corrected chi connectivity index (χ4v) is 2.99. The number of benzene rings is 3. The van der Waals surface area contributed by atoms with Crippen LogP contribution in [0, 0.1) is 21.4 Å². The Morgan fingerprint density at radius 3 is 2.58 bits per heavy atom. The Morgan fingerprint density at radius 2 is 1.91 bits per heavy atom. The van der Waals surface area contributed by atoms with Crippen molar-refractivity contribution in [3.8, 4) is 17.6 Å². The van der Waals surface area contributed by atoms with Gasteiger partial charge < -0.3 is 14.8 Å². The monoisotopic (exact) mass is 463 g/mol. The van der Waals surface area contributed by atoms with Crippen LogP contribution in [-0.4, -0.2) is 17.9 Å². The number of nitro benzene ring substituents is 1. The van der Waals surface area contributed by atoms with Crippen LogP contribution in [0.2, 0.25) is 5.02 Å². The molecule has 0 fully saturated rings. The highest BCUT2D eigenvalue weighted by molar-refractivity contribution is 6.30. The van der Waals surface area contributed by atoms with Crippen LogP contribution in [0.4, 0.5) is 11.4 Å². The van der Waals surface area contributed by atoms with Crippen molar-refractivity contribution >= 4 is 35.0 Å². The maximum atomic E-state index is 12.5. The molecule has 0 aliphatic carbocycles. The number of nitrogens with zero attached hydrogens (tertiary/aromatic N) is 2. The number of amides is 1. The second kappa shape index (κ2) is 10.8. The van der Waals surface area contributed by atoms with Gasteiger partial charge in [0.15, 0.2) is 11.5 Å². The summed E-state index contributed by atoms with van der Waals surface area (Å²) in [5.41, 5.74) is 1.56. The van der Waals surface area contributed by atoms with Crippen LogP contribution >= 0.6 is 11.6 Å². The summed E-state index contributed by atoms with van der Waals surface area (Å²) in [6, 6.07) is 19.5. The van der Waals surface area contributed by atoms with Crippen molar-refractivity contribution in [2.75, 3.05) is 12.4 Å². The van der Waals surface area contributed by atoms with Crippen LogP contribution in [0.3, 0.4) is 0 Å². The first-order chi connectivity index (χ1) is 15.9. The van der Waals surface area contributed by atoms with E-state index in [-0.39, 0.29) is 17.9 Å². The number of carbonyl (C=O) groups is 1. The van der Waals surface area contributed by atoms with Crippen LogP contribution in [0.1, 0.15) is 11.1 Å². The molecular formula is C24H18ClN3O5. The Hall–Kier alpha value is -4.35. The Kier molecular flexibility index (Phi) is 7.63. The normalized spacial score (nSPS) is 10.8. The molecule has 0 saturated heterocycles. The predicted molar refractivity (Wildman–Crippen MR) is 124 cm³/mol. The van der Waals surface area contributed by atoms with E-state index in [1.807, 2.05) is 6.07 Å². The first kappa shape index (κ1) is 23.3. The third-order valence-corrected chi connectivity index (χ3v) is 4.73. The fourth-order valence-electron chi connectivity index (χ4n) is 2.86. The molecule has 0 aromatic heterocycles. The number of non-ortho nitro benzene ring substituents is 1. The smallest absolute Gasteiger partial charge is 0.269 e. The van der Waals surface area contributed by atoms with E-state index in [2.05, 4.69) is 5.32 Å². The van der Waals surface area contributed by atoms with Gasteiger partial charge in [-0.2, -0.15) is 5.26 Å².